The van der Waals surface area contributed by atoms with Gasteiger partial charge in [0.05, 0.1) is 0 Å². The third-order valence-electron chi connectivity index (χ3n) is 4.31. The highest BCUT2D eigenvalue weighted by Gasteiger charge is 2.37. The molecule has 5 nitrogen and oxygen atoms in total. The summed E-state index contributed by atoms with van der Waals surface area (Å²) < 4.78 is 33.5. The van der Waals surface area contributed by atoms with Gasteiger partial charge in [-0.2, -0.15) is 4.31 Å². The van der Waals surface area contributed by atoms with Crippen molar-refractivity contribution in [2.75, 3.05) is 13.6 Å². The summed E-state index contributed by atoms with van der Waals surface area (Å²) in [4.78, 5) is 0.357. The maximum atomic E-state index is 13.1. The zero-order valence-electron chi connectivity index (χ0n) is 13.6. The molecule has 1 aromatic heterocycles. The van der Waals surface area contributed by atoms with Crippen molar-refractivity contribution in [2.24, 2.45) is 5.92 Å². The van der Waals surface area contributed by atoms with Crippen molar-refractivity contribution in [3.05, 3.63) is 17.1 Å². The fraction of sp³-hybridized carbons (Fsp3) is 0.733. The van der Waals surface area contributed by atoms with E-state index in [-0.39, 0.29) is 6.04 Å². The zero-order valence-corrected chi connectivity index (χ0v) is 14.4. The second kappa shape index (κ2) is 6.10. The Balaban J connectivity index is 2.48. The van der Waals surface area contributed by atoms with Crippen LogP contribution in [0.3, 0.4) is 0 Å². The molecule has 1 aliphatic heterocycles. The molecule has 2 rings (SSSR count). The predicted octanol–water partition coefficient (Wildman–Crippen LogP) is 2.42. The van der Waals surface area contributed by atoms with E-state index in [1.807, 2.05) is 20.9 Å². The van der Waals surface area contributed by atoms with Gasteiger partial charge in [-0.05, 0) is 46.6 Å². The first-order valence-corrected chi connectivity index (χ1v) is 8.98. The molecule has 0 radical (unpaired) electrons. The monoisotopic (exact) mass is 314 g/mol. The fourth-order valence-electron chi connectivity index (χ4n) is 3.13. The van der Waals surface area contributed by atoms with E-state index in [4.69, 9.17) is 4.42 Å². The number of sulfonamides is 1. The number of hydrogen-bond acceptors (Lipinski definition) is 4. The van der Waals surface area contributed by atoms with Crippen LogP contribution in [0.5, 0.6) is 0 Å². The lowest BCUT2D eigenvalue weighted by Crippen LogP contribution is -2.45. The van der Waals surface area contributed by atoms with Gasteiger partial charge in [0, 0.05) is 24.7 Å². The van der Waals surface area contributed by atoms with Gasteiger partial charge >= 0.3 is 0 Å². The molecule has 0 amide bonds. The van der Waals surface area contributed by atoms with E-state index < -0.39 is 10.0 Å². The molecule has 21 heavy (non-hydrogen) atoms. The third-order valence-corrected chi connectivity index (χ3v) is 6.48. The van der Waals surface area contributed by atoms with E-state index in [0.29, 0.717) is 35.4 Å². The van der Waals surface area contributed by atoms with Crippen LogP contribution in [0.25, 0.3) is 0 Å². The van der Waals surface area contributed by atoms with Gasteiger partial charge in [-0.15, -0.1) is 0 Å². The van der Waals surface area contributed by atoms with E-state index in [2.05, 4.69) is 12.2 Å². The highest BCUT2D eigenvalue weighted by atomic mass is 32.2. The summed E-state index contributed by atoms with van der Waals surface area (Å²) in [7, 11) is -1.70. The number of furan rings is 1. The van der Waals surface area contributed by atoms with Crippen LogP contribution in [-0.4, -0.2) is 32.4 Å². The minimum atomic E-state index is -3.51. The summed E-state index contributed by atoms with van der Waals surface area (Å²) >= 11 is 0. The molecular weight excluding hydrogens is 288 g/mol. The van der Waals surface area contributed by atoms with Crippen molar-refractivity contribution < 1.29 is 12.8 Å². The van der Waals surface area contributed by atoms with Crippen molar-refractivity contribution in [3.8, 4) is 0 Å². The Morgan fingerprint density at radius 3 is 2.52 bits per heavy atom. The first-order chi connectivity index (χ1) is 9.78. The molecular formula is C15H26N2O3S. The quantitative estimate of drug-likeness (QED) is 0.927. The van der Waals surface area contributed by atoms with Crippen LogP contribution in [0.2, 0.25) is 0 Å². The number of nitrogens with one attached hydrogen (secondary N) is 1. The van der Waals surface area contributed by atoms with Gasteiger partial charge in [0.15, 0.2) is 0 Å². The lowest BCUT2D eigenvalue weighted by Gasteiger charge is -2.35. The molecule has 6 heteroatoms. The molecule has 120 valence electrons. The number of aryl methyl sites for hydroxylation is 2. The van der Waals surface area contributed by atoms with Gasteiger partial charge in [-0.25, -0.2) is 8.42 Å². The zero-order chi connectivity index (χ0) is 15.8. The summed E-state index contributed by atoms with van der Waals surface area (Å²) in [5, 5.41) is 3.03. The molecule has 1 N–H and O–H groups in total. The Kier molecular flexibility index (Phi) is 4.80. The van der Waals surface area contributed by atoms with Gasteiger partial charge in [0.2, 0.25) is 10.0 Å². The molecule has 1 fully saturated rings. The first kappa shape index (κ1) is 16.5. The Hall–Kier alpha value is -0.850. The summed E-state index contributed by atoms with van der Waals surface area (Å²) in [6.07, 6.45) is 2.00. The van der Waals surface area contributed by atoms with Crippen molar-refractivity contribution in [3.63, 3.8) is 0 Å². The Labute approximate surface area is 127 Å². The topological polar surface area (TPSA) is 62.6 Å². The largest absolute Gasteiger partial charge is 0.465 e. The number of rotatable bonds is 4. The second-order valence-electron chi connectivity index (χ2n) is 6.16. The lowest BCUT2D eigenvalue weighted by atomic mass is 9.97. The molecule has 0 aromatic carbocycles. The van der Waals surface area contributed by atoms with Gasteiger partial charge in [0.1, 0.15) is 16.4 Å². The summed E-state index contributed by atoms with van der Waals surface area (Å²) in [5.41, 5.74) is 0.750. The number of hydrogen-bond donors (Lipinski definition) is 1. The first-order valence-electron chi connectivity index (χ1n) is 7.54. The molecule has 2 atom stereocenters. The molecule has 0 saturated carbocycles. The van der Waals surface area contributed by atoms with Crippen LogP contribution in [0.1, 0.15) is 43.8 Å². The van der Waals surface area contributed by atoms with Gasteiger partial charge < -0.3 is 9.73 Å². The highest BCUT2D eigenvalue weighted by Crippen LogP contribution is 2.33. The minimum absolute atomic E-state index is 0.0447. The van der Waals surface area contributed by atoms with Crippen molar-refractivity contribution in [1.29, 1.82) is 0 Å². The van der Waals surface area contributed by atoms with Crippen LogP contribution in [0, 0.1) is 19.8 Å². The average Bonchev–Trinajstić information content (AvgIpc) is 2.68. The SMILES string of the molecule is CNCc1c(C)oc(C)c1S(=O)(=O)N1CC(C)CCC1C. The van der Waals surface area contributed by atoms with E-state index in [0.717, 1.165) is 18.4 Å². The molecule has 1 aliphatic rings. The Bertz CT molecular complexity index is 607. The van der Waals surface area contributed by atoms with Crippen LogP contribution in [-0.2, 0) is 16.6 Å². The van der Waals surface area contributed by atoms with Crippen LogP contribution < -0.4 is 5.32 Å². The summed E-state index contributed by atoms with van der Waals surface area (Å²) in [6.45, 7) is 8.74. The van der Waals surface area contributed by atoms with Gasteiger partial charge in [0.25, 0.3) is 0 Å². The maximum Gasteiger partial charge on any atom is 0.247 e. The highest BCUT2D eigenvalue weighted by molar-refractivity contribution is 7.89. The fourth-order valence-corrected chi connectivity index (χ4v) is 5.33. The smallest absolute Gasteiger partial charge is 0.247 e. The van der Waals surface area contributed by atoms with E-state index in [1.165, 1.54) is 0 Å². The number of piperidine rings is 1. The molecule has 0 spiro atoms. The van der Waals surface area contributed by atoms with Crippen molar-refractivity contribution >= 4 is 10.0 Å². The standard InChI is InChI=1S/C15H26N2O3S/c1-10-6-7-11(2)17(9-10)21(18,19)15-13(4)20-12(3)14(15)8-16-5/h10-11,16H,6-9H2,1-5H3. The van der Waals surface area contributed by atoms with Crippen LogP contribution in [0.15, 0.2) is 9.31 Å². The van der Waals surface area contributed by atoms with Gasteiger partial charge in [-0.3, -0.25) is 0 Å². The van der Waals surface area contributed by atoms with Crippen LogP contribution in [0.4, 0.5) is 0 Å². The van der Waals surface area contributed by atoms with E-state index in [9.17, 15) is 8.42 Å². The Morgan fingerprint density at radius 1 is 1.24 bits per heavy atom. The molecule has 0 bridgehead atoms. The molecule has 2 heterocycles. The normalized spacial score (nSPS) is 24.4. The van der Waals surface area contributed by atoms with Crippen LogP contribution >= 0.6 is 0 Å². The summed E-state index contributed by atoms with van der Waals surface area (Å²) in [6, 6.07) is 0.0447. The molecule has 0 aliphatic carbocycles. The van der Waals surface area contributed by atoms with E-state index >= 15 is 0 Å². The predicted molar refractivity (Wildman–Crippen MR) is 82.7 cm³/mol. The lowest BCUT2D eigenvalue weighted by molar-refractivity contribution is 0.217. The molecule has 1 saturated heterocycles. The van der Waals surface area contributed by atoms with Crippen molar-refractivity contribution in [1.82, 2.24) is 9.62 Å². The molecule has 1 aromatic rings. The maximum absolute atomic E-state index is 13.1. The average molecular weight is 314 g/mol. The minimum Gasteiger partial charge on any atom is -0.465 e. The van der Waals surface area contributed by atoms with E-state index in [1.54, 1.807) is 11.2 Å². The molecule has 2 unspecified atom stereocenters. The second-order valence-corrected chi connectivity index (χ2v) is 7.99. The number of nitrogens with zero attached hydrogens (tertiary/aromatic N) is 1. The van der Waals surface area contributed by atoms with Gasteiger partial charge in [-0.1, -0.05) is 6.92 Å². The third kappa shape index (κ3) is 3.03. The van der Waals surface area contributed by atoms with Crippen molar-refractivity contribution in [2.45, 2.75) is 58.0 Å². The summed E-state index contributed by atoms with van der Waals surface area (Å²) in [5.74, 6) is 1.57. The Morgan fingerprint density at radius 2 is 1.90 bits per heavy atom.